The van der Waals surface area contributed by atoms with Gasteiger partial charge in [0, 0.05) is 13.1 Å². The molecule has 2 rings (SSSR count). The van der Waals surface area contributed by atoms with Gasteiger partial charge in [-0.25, -0.2) is 4.79 Å². The summed E-state index contributed by atoms with van der Waals surface area (Å²) in [5.74, 6) is -0.366. The maximum atomic E-state index is 12.3. The molecule has 8 heteroatoms. The third-order valence-electron chi connectivity index (χ3n) is 3.20. The second-order valence-electron chi connectivity index (χ2n) is 6.38. The fourth-order valence-electron chi connectivity index (χ4n) is 2.24. The molecule has 22 heavy (non-hydrogen) atoms. The zero-order valence-electron chi connectivity index (χ0n) is 13.4. The number of rotatable bonds is 2. The standard InChI is InChI=1S/C14H22N4O3S/c1-9-16-17-12(22-9)15-11(19)10-6-5-7-18(8-10)13(20)21-14(2,3)4/h10H,5-8H2,1-4H3,(H,15,17,19). The molecule has 0 saturated carbocycles. The first kappa shape index (κ1) is 16.7. The van der Waals surface area contributed by atoms with Crippen LogP contribution in [0.1, 0.15) is 38.6 Å². The van der Waals surface area contributed by atoms with Gasteiger partial charge in [0.1, 0.15) is 10.6 Å². The molecule has 0 bridgehead atoms. The molecule has 1 saturated heterocycles. The van der Waals surface area contributed by atoms with Gasteiger partial charge in [-0.3, -0.25) is 4.79 Å². The molecule has 1 fully saturated rings. The highest BCUT2D eigenvalue weighted by atomic mass is 32.1. The largest absolute Gasteiger partial charge is 0.444 e. The van der Waals surface area contributed by atoms with Crippen molar-refractivity contribution in [2.24, 2.45) is 5.92 Å². The Morgan fingerprint density at radius 3 is 2.68 bits per heavy atom. The summed E-state index contributed by atoms with van der Waals surface area (Å²) in [5, 5.41) is 11.8. The third kappa shape index (κ3) is 4.66. The van der Waals surface area contributed by atoms with E-state index in [-0.39, 0.29) is 17.9 Å². The average molecular weight is 326 g/mol. The number of hydrogen-bond donors (Lipinski definition) is 1. The number of likely N-dealkylation sites (tertiary alicyclic amines) is 1. The number of anilines is 1. The molecular weight excluding hydrogens is 304 g/mol. The van der Waals surface area contributed by atoms with E-state index in [1.807, 2.05) is 27.7 Å². The fraction of sp³-hybridized carbons (Fsp3) is 0.714. The van der Waals surface area contributed by atoms with Crippen LogP contribution in [-0.2, 0) is 9.53 Å². The number of nitrogens with one attached hydrogen (secondary N) is 1. The lowest BCUT2D eigenvalue weighted by Crippen LogP contribution is -2.45. The third-order valence-corrected chi connectivity index (χ3v) is 3.95. The van der Waals surface area contributed by atoms with Crippen molar-refractivity contribution in [2.45, 2.75) is 46.1 Å². The Morgan fingerprint density at radius 1 is 1.36 bits per heavy atom. The average Bonchev–Trinajstić information content (AvgIpc) is 2.82. The van der Waals surface area contributed by atoms with Crippen LogP contribution in [0, 0.1) is 12.8 Å². The molecule has 0 radical (unpaired) electrons. The van der Waals surface area contributed by atoms with E-state index in [1.54, 1.807) is 4.90 Å². The van der Waals surface area contributed by atoms with Gasteiger partial charge in [0.2, 0.25) is 11.0 Å². The SMILES string of the molecule is Cc1nnc(NC(=O)C2CCCN(C(=O)OC(C)(C)C)C2)s1. The van der Waals surface area contributed by atoms with Crippen molar-refractivity contribution >= 4 is 28.5 Å². The smallest absolute Gasteiger partial charge is 0.410 e. The van der Waals surface area contributed by atoms with Gasteiger partial charge in [-0.2, -0.15) is 0 Å². The number of nitrogens with zero attached hydrogens (tertiary/aromatic N) is 3. The molecule has 2 amide bonds. The van der Waals surface area contributed by atoms with Crippen LogP contribution in [-0.4, -0.2) is 45.8 Å². The molecule has 1 atom stereocenters. The van der Waals surface area contributed by atoms with Crippen LogP contribution in [0.2, 0.25) is 0 Å². The lowest BCUT2D eigenvalue weighted by Gasteiger charge is -2.33. The van der Waals surface area contributed by atoms with Crippen LogP contribution in [0.4, 0.5) is 9.93 Å². The Kier molecular flexibility index (Phi) is 5.00. The van der Waals surface area contributed by atoms with Crippen molar-refractivity contribution in [3.63, 3.8) is 0 Å². The molecule has 0 spiro atoms. The summed E-state index contributed by atoms with van der Waals surface area (Å²) in [6.07, 6.45) is 1.17. The number of carbonyl (C=O) groups is 2. The second-order valence-corrected chi connectivity index (χ2v) is 7.56. The first-order valence-electron chi connectivity index (χ1n) is 7.33. The molecule has 1 unspecified atom stereocenters. The van der Waals surface area contributed by atoms with Gasteiger partial charge in [-0.15, -0.1) is 10.2 Å². The lowest BCUT2D eigenvalue weighted by molar-refractivity contribution is -0.121. The van der Waals surface area contributed by atoms with Gasteiger partial charge in [-0.05, 0) is 40.5 Å². The predicted molar refractivity (Wildman–Crippen MR) is 83.8 cm³/mol. The monoisotopic (exact) mass is 326 g/mol. The minimum absolute atomic E-state index is 0.121. The first-order valence-corrected chi connectivity index (χ1v) is 8.15. The number of hydrogen-bond acceptors (Lipinski definition) is 6. The molecule has 1 aliphatic heterocycles. The molecular formula is C14H22N4O3S. The van der Waals surface area contributed by atoms with Crippen molar-refractivity contribution in [1.29, 1.82) is 0 Å². The molecule has 1 aromatic rings. The zero-order chi connectivity index (χ0) is 16.3. The van der Waals surface area contributed by atoms with E-state index in [9.17, 15) is 9.59 Å². The highest BCUT2D eigenvalue weighted by molar-refractivity contribution is 7.15. The fourth-order valence-corrected chi connectivity index (χ4v) is 2.83. The molecule has 1 aromatic heterocycles. The van der Waals surface area contributed by atoms with Crippen LogP contribution in [0.15, 0.2) is 0 Å². The second kappa shape index (κ2) is 6.60. The van der Waals surface area contributed by atoms with E-state index in [2.05, 4.69) is 15.5 Å². The van der Waals surface area contributed by atoms with Crippen molar-refractivity contribution in [3.05, 3.63) is 5.01 Å². The van der Waals surface area contributed by atoms with Gasteiger partial charge in [-0.1, -0.05) is 11.3 Å². The number of ether oxygens (including phenoxy) is 1. The summed E-state index contributed by atoms with van der Waals surface area (Å²) >= 11 is 1.34. The van der Waals surface area contributed by atoms with Crippen molar-refractivity contribution in [2.75, 3.05) is 18.4 Å². The van der Waals surface area contributed by atoms with E-state index in [1.165, 1.54) is 11.3 Å². The van der Waals surface area contributed by atoms with Crippen molar-refractivity contribution < 1.29 is 14.3 Å². The van der Waals surface area contributed by atoms with Crippen LogP contribution in [0.3, 0.4) is 0 Å². The van der Waals surface area contributed by atoms with Gasteiger partial charge in [0.05, 0.1) is 5.92 Å². The van der Waals surface area contributed by atoms with Gasteiger partial charge in [0.25, 0.3) is 0 Å². The summed E-state index contributed by atoms with van der Waals surface area (Å²) in [5.41, 5.74) is -0.531. The number of aryl methyl sites for hydroxylation is 1. The maximum absolute atomic E-state index is 12.3. The lowest BCUT2D eigenvalue weighted by atomic mass is 9.97. The minimum Gasteiger partial charge on any atom is -0.444 e. The summed E-state index contributed by atoms with van der Waals surface area (Å²) in [7, 11) is 0. The van der Waals surface area contributed by atoms with Crippen LogP contribution < -0.4 is 5.32 Å². The minimum atomic E-state index is -0.531. The molecule has 1 aliphatic rings. The van der Waals surface area contributed by atoms with Crippen LogP contribution in [0.5, 0.6) is 0 Å². The van der Waals surface area contributed by atoms with Crippen LogP contribution >= 0.6 is 11.3 Å². The van der Waals surface area contributed by atoms with Crippen molar-refractivity contribution in [1.82, 2.24) is 15.1 Å². The van der Waals surface area contributed by atoms with Gasteiger partial charge >= 0.3 is 6.09 Å². The summed E-state index contributed by atoms with van der Waals surface area (Å²) in [4.78, 5) is 26.0. The molecule has 122 valence electrons. The summed E-state index contributed by atoms with van der Waals surface area (Å²) in [6.45, 7) is 8.32. The Morgan fingerprint density at radius 2 is 2.09 bits per heavy atom. The topological polar surface area (TPSA) is 84.4 Å². The Bertz CT molecular complexity index is 553. The van der Waals surface area contributed by atoms with E-state index in [0.29, 0.717) is 18.2 Å². The van der Waals surface area contributed by atoms with E-state index < -0.39 is 5.60 Å². The molecule has 2 heterocycles. The summed E-state index contributed by atoms with van der Waals surface area (Å²) in [6, 6.07) is 0. The molecule has 0 aromatic carbocycles. The molecule has 0 aliphatic carbocycles. The van der Waals surface area contributed by atoms with E-state index in [0.717, 1.165) is 17.8 Å². The Hall–Kier alpha value is -1.70. The van der Waals surface area contributed by atoms with E-state index >= 15 is 0 Å². The number of amides is 2. The number of piperidine rings is 1. The van der Waals surface area contributed by atoms with Crippen LogP contribution in [0.25, 0.3) is 0 Å². The Balaban J connectivity index is 1.92. The highest BCUT2D eigenvalue weighted by Gasteiger charge is 2.31. The number of aromatic nitrogens is 2. The van der Waals surface area contributed by atoms with Gasteiger partial charge < -0.3 is 15.0 Å². The van der Waals surface area contributed by atoms with Gasteiger partial charge in [0.15, 0.2) is 0 Å². The highest BCUT2D eigenvalue weighted by Crippen LogP contribution is 2.22. The molecule has 1 N–H and O–H groups in total. The summed E-state index contributed by atoms with van der Waals surface area (Å²) < 4.78 is 5.36. The quantitative estimate of drug-likeness (QED) is 0.902. The molecule has 7 nitrogen and oxygen atoms in total. The first-order chi connectivity index (χ1) is 10.2. The predicted octanol–water partition coefficient (Wildman–Crippen LogP) is 2.43. The Labute approximate surface area is 134 Å². The maximum Gasteiger partial charge on any atom is 0.410 e. The number of carbonyl (C=O) groups excluding carboxylic acids is 2. The normalized spacial score (nSPS) is 18.9. The van der Waals surface area contributed by atoms with E-state index in [4.69, 9.17) is 4.74 Å². The zero-order valence-corrected chi connectivity index (χ0v) is 14.2. The van der Waals surface area contributed by atoms with Crippen molar-refractivity contribution in [3.8, 4) is 0 Å².